The number of aromatic nitrogens is 4. The Morgan fingerprint density at radius 3 is 3.08 bits per heavy atom. The summed E-state index contributed by atoms with van der Waals surface area (Å²) >= 11 is -2.38. The SMILES string of the molecule is O=S([O-])n1cncc2ncnc1-2. The molecule has 0 aliphatic carbocycles. The first kappa shape index (κ1) is 7.32. The second-order valence-electron chi connectivity index (χ2n) is 2.02. The van der Waals surface area contributed by atoms with Crippen LogP contribution in [0.2, 0.25) is 0 Å². The number of fused-ring (bicyclic) bond motifs is 1. The van der Waals surface area contributed by atoms with Gasteiger partial charge in [-0.3, -0.25) is 4.21 Å². The smallest absolute Gasteiger partial charge is 0.174 e. The molecule has 0 saturated heterocycles. The summed E-state index contributed by atoms with van der Waals surface area (Å²) in [7, 11) is 0. The van der Waals surface area contributed by atoms with E-state index in [2.05, 4.69) is 15.0 Å². The molecule has 0 fully saturated rings. The fraction of sp³-hybridized carbons (Fsp3) is 0. The van der Waals surface area contributed by atoms with Gasteiger partial charge in [0.25, 0.3) is 0 Å². The summed E-state index contributed by atoms with van der Waals surface area (Å²) in [5.74, 6) is 0.290. The number of hydrogen-bond acceptors (Lipinski definition) is 5. The third-order valence-corrected chi connectivity index (χ3v) is 1.93. The van der Waals surface area contributed by atoms with Gasteiger partial charge in [0, 0.05) is 0 Å². The van der Waals surface area contributed by atoms with E-state index in [1.807, 2.05) is 0 Å². The second-order valence-corrected chi connectivity index (χ2v) is 2.85. The van der Waals surface area contributed by atoms with Crippen LogP contribution < -0.4 is 0 Å². The molecule has 1 atom stereocenters. The van der Waals surface area contributed by atoms with Gasteiger partial charge in [0.2, 0.25) is 0 Å². The fourth-order valence-electron chi connectivity index (χ4n) is 0.859. The molecular weight excluding hydrogens is 180 g/mol. The summed E-state index contributed by atoms with van der Waals surface area (Å²) in [5.41, 5.74) is 0.460. The molecule has 6 nitrogen and oxygen atoms in total. The van der Waals surface area contributed by atoms with Gasteiger partial charge in [0.15, 0.2) is 5.82 Å². The minimum atomic E-state index is -2.38. The third-order valence-electron chi connectivity index (χ3n) is 1.34. The average Bonchev–Trinajstić information content (AvgIpc) is 2.49. The summed E-state index contributed by atoms with van der Waals surface area (Å²) in [4.78, 5) is 11.2. The summed E-state index contributed by atoms with van der Waals surface area (Å²) in [6.45, 7) is 0. The monoisotopic (exact) mass is 183 g/mol. The van der Waals surface area contributed by atoms with Gasteiger partial charge in [-0.15, -0.1) is 0 Å². The van der Waals surface area contributed by atoms with Gasteiger partial charge in [-0.25, -0.2) is 18.9 Å². The minimum Gasteiger partial charge on any atom is -0.755 e. The molecule has 1 unspecified atom stereocenters. The Morgan fingerprint density at radius 2 is 2.33 bits per heavy atom. The molecule has 0 aromatic heterocycles. The first-order valence-corrected chi connectivity index (χ1v) is 4.05. The van der Waals surface area contributed by atoms with E-state index in [9.17, 15) is 8.76 Å². The van der Waals surface area contributed by atoms with Crippen molar-refractivity contribution in [3.8, 4) is 11.5 Å². The molecule has 0 bridgehead atoms. The summed E-state index contributed by atoms with van der Waals surface area (Å²) in [6, 6.07) is 0. The van der Waals surface area contributed by atoms with E-state index in [-0.39, 0.29) is 0 Å². The molecule has 7 heteroatoms. The van der Waals surface area contributed by atoms with Gasteiger partial charge < -0.3 is 4.55 Å². The lowest BCUT2D eigenvalue weighted by Crippen LogP contribution is -2.08. The van der Waals surface area contributed by atoms with Crippen molar-refractivity contribution in [2.75, 3.05) is 0 Å². The van der Waals surface area contributed by atoms with Crippen LogP contribution in [0, 0.1) is 0 Å². The lowest BCUT2D eigenvalue weighted by molar-refractivity contribution is 0.527. The Balaban J connectivity index is 2.71. The zero-order chi connectivity index (χ0) is 8.55. The van der Waals surface area contributed by atoms with Crippen molar-refractivity contribution in [2.45, 2.75) is 0 Å². The van der Waals surface area contributed by atoms with E-state index < -0.39 is 11.3 Å². The number of imidazole rings is 1. The van der Waals surface area contributed by atoms with E-state index >= 15 is 0 Å². The maximum Gasteiger partial charge on any atom is 0.174 e. The van der Waals surface area contributed by atoms with Crippen LogP contribution in [0.5, 0.6) is 0 Å². The van der Waals surface area contributed by atoms with E-state index in [4.69, 9.17) is 0 Å². The van der Waals surface area contributed by atoms with Crippen LogP contribution in [0.3, 0.4) is 0 Å². The number of hydrogen-bond donors (Lipinski definition) is 0. The van der Waals surface area contributed by atoms with Crippen LogP contribution >= 0.6 is 0 Å². The third kappa shape index (κ3) is 0.990. The average molecular weight is 183 g/mol. The van der Waals surface area contributed by atoms with Crippen molar-refractivity contribution in [3.63, 3.8) is 0 Å². The van der Waals surface area contributed by atoms with Gasteiger partial charge in [-0.2, -0.15) is 0 Å². The van der Waals surface area contributed by atoms with E-state index in [1.165, 1.54) is 18.9 Å². The lowest BCUT2D eigenvalue weighted by Gasteiger charge is -2.10. The van der Waals surface area contributed by atoms with Crippen molar-refractivity contribution in [1.82, 2.24) is 18.9 Å². The van der Waals surface area contributed by atoms with Crippen molar-refractivity contribution in [1.29, 1.82) is 0 Å². The Kier molecular flexibility index (Phi) is 1.59. The molecule has 2 aliphatic heterocycles. The standard InChI is InChI=1S/C5H4N4O2S/c10-12(11)9-3-6-1-4-5(9)8-2-7-4/h1-3H,(H,10,11)/p-1. The van der Waals surface area contributed by atoms with Crippen LogP contribution in [0.15, 0.2) is 18.9 Å². The molecule has 12 heavy (non-hydrogen) atoms. The highest BCUT2D eigenvalue weighted by atomic mass is 32.2. The molecule has 2 rings (SSSR count). The summed E-state index contributed by atoms with van der Waals surface area (Å²) in [5, 5.41) is 0. The van der Waals surface area contributed by atoms with Gasteiger partial charge in [-0.1, -0.05) is 0 Å². The van der Waals surface area contributed by atoms with Crippen molar-refractivity contribution in [3.05, 3.63) is 18.9 Å². The van der Waals surface area contributed by atoms with Crippen LogP contribution in [0.4, 0.5) is 0 Å². The largest absolute Gasteiger partial charge is 0.755 e. The molecule has 2 aliphatic rings. The van der Waals surface area contributed by atoms with Gasteiger partial charge >= 0.3 is 0 Å². The molecule has 0 saturated carbocycles. The summed E-state index contributed by atoms with van der Waals surface area (Å²) < 4.78 is 22.1. The Labute approximate surface area is 70.1 Å². The highest BCUT2D eigenvalue weighted by molar-refractivity contribution is 7.77. The molecule has 0 aromatic rings. The normalized spacial score (nSPS) is 13.4. The maximum atomic E-state index is 10.6. The second kappa shape index (κ2) is 2.61. The van der Waals surface area contributed by atoms with Gasteiger partial charge in [0.05, 0.1) is 17.5 Å². The van der Waals surface area contributed by atoms with Crippen molar-refractivity contribution < 1.29 is 8.76 Å². The molecule has 2 heterocycles. The minimum absolute atomic E-state index is 0.290. The Morgan fingerprint density at radius 1 is 1.50 bits per heavy atom. The Hall–Kier alpha value is -1.34. The van der Waals surface area contributed by atoms with Crippen LogP contribution in [0.25, 0.3) is 11.5 Å². The predicted octanol–water partition coefficient (Wildman–Crippen LogP) is -0.580. The molecule has 0 spiro atoms. The molecular formula is C5H3N4O2S-. The maximum absolute atomic E-state index is 10.6. The molecule has 62 valence electrons. The highest BCUT2D eigenvalue weighted by Gasteiger charge is 2.09. The van der Waals surface area contributed by atoms with Gasteiger partial charge in [0.1, 0.15) is 18.3 Å². The topological polar surface area (TPSA) is 83.7 Å². The first-order chi connectivity index (χ1) is 5.79. The van der Waals surface area contributed by atoms with E-state index in [0.717, 1.165) is 3.97 Å². The zero-order valence-electron chi connectivity index (χ0n) is 5.75. The first-order valence-electron chi connectivity index (χ1n) is 3.02. The van der Waals surface area contributed by atoms with E-state index in [1.54, 1.807) is 0 Å². The predicted molar refractivity (Wildman–Crippen MR) is 38.8 cm³/mol. The quantitative estimate of drug-likeness (QED) is 0.552. The van der Waals surface area contributed by atoms with Crippen molar-refractivity contribution >= 4 is 11.3 Å². The highest BCUT2D eigenvalue weighted by Crippen LogP contribution is 2.13. The van der Waals surface area contributed by atoms with E-state index in [0.29, 0.717) is 11.5 Å². The Bertz CT molecular complexity index is 400. The van der Waals surface area contributed by atoms with Crippen LogP contribution in [-0.4, -0.2) is 27.7 Å². The molecule has 0 N–H and O–H groups in total. The summed E-state index contributed by atoms with van der Waals surface area (Å²) in [6.07, 6.45) is 3.90. The molecule has 0 aromatic carbocycles. The fourth-order valence-corrected chi connectivity index (χ4v) is 1.27. The van der Waals surface area contributed by atoms with Crippen molar-refractivity contribution in [2.24, 2.45) is 0 Å². The lowest BCUT2D eigenvalue weighted by atomic mass is 10.4. The zero-order valence-corrected chi connectivity index (χ0v) is 6.56. The number of rotatable bonds is 1. The van der Waals surface area contributed by atoms with Crippen LogP contribution in [-0.2, 0) is 11.3 Å². The number of nitrogens with zero attached hydrogens (tertiary/aromatic N) is 4. The molecule has 0 amide bonds. The van der Waals surface area contributed by atoms with Crippen LogP contribution in [0.1, 0.15) is 0 Å². The van der Waals surface area contributed by atoms with Gasteiger partial charge in [-0.05, 0) is 0 Å². The molecule has 0 radical (unpaired) electrons.